The molecule has 0 radical (unpaired) electrons. The first-order valence-corrected chi connectivity index (χ1v) is 8.63. The van der Waals surface area contributed by atoms with Gasteiger partial charge in [-0.25, -0.2) is 0 Å². The molecule has 1 aromatic rings. The maximum Gasteiger partial charge on any atom is 0.231 e. The number of aliphatic hydroxyl groups is 1. The maximum atomic E-state index is 9.87. The van der Waals surface area contributed by atoms with E-state index in [-0.39, 0.29) is 6.10 Å². The van der Waals surface area contributed by atoms with Gasteiger partial charge in [-0.2, -0.15) is 0 Å². The number of halogens is 1. The summed E-state index contributed by atoms with van der Waals surface area (Å²) in [5.74, 6) is 1.65. The molecule has 22 heavy (non-hydrogen) atoms. The van der Waals surface area contributed by atoms with E-state index in [1.807, 2.05) is 6.07 Å². The van der Waals surface area contributed by atoms with Crippen molar-refractivity contribution in [3.05, 3.63) is 22.2 Å². The Hall–Kier alpha value is -0.820. The molecule has 0 saturated carbocycles. The van der Waals surface area contributed by atoms with Crippen molar-refractivity contribution in [3.63, 3.8) is 0 Å². The zero-order chi connectivity index (χ0) is 15.3. The first-order chi connectivity index (χ1) is 10.6. The molecule has 4 rings (SSSR count). The number of piperazine rings is 1. The summed E-state index contributed by atoms with van der Waals surface area (Å²) in [6.07, 6.45) is 0.736. The highest BCUT2D eigenvalue weighted by atomic mass is 79.9. The average molecular weight is 369 g/mol. The van der Waals surface area contributed by atoms with Crippen LogP contribution in [-0.2, 0) is 6.54 Å². The molecule has 6 heteroatoms. The molecule has 120 valence electrons. The van der Waals surface area contributed by atoms with Crippen LogP contribution in [-0.4, -0.2) is 59.5 Å². The van der Waals surface area contributed by atoms with Crippen molar-refractivity contribution in [2.24, 2.45) is 0 Å². The molecule has 0 aromatic heterocycles. The maximum absolute atomic E-state index is 9.87. The quantitative estimate of drug-likeness (QED) is 0.862. The summed E-state index contributed by atoms with van der Waals surface area (Å²) in [5.41, 5.74) is 1.23. The van der Waals surface area contributed by atoms with Crippen molar-refractivity contribution in [1.29, 1.82) is 0 Å². The standard InChI is InChI=1S/C16H21BrN2O3/c1-10-5-19-8-13(20)3-12(19)7-18(10)6-11-2-15-16(4-14(11)17)22-9-21-15/h2,4,10,12-13,20H,3,5-9H2,1H3/t10-,12-,13-/m1/s1. The fourth-order valence-corrected chi connectivity index (χ4v) is 4.24. The van der Waals surface area contributed by atoms with E-state index in [2.05, 4.69) is 38.7 Å². The second kappa shape index (κ2) is 5.67. The van der Waals surface area contributed by atoms with Crippen molar-refractivity contribution in [2.75, 3.05) is 26.4 Å². The second-order valence-electron chi connectivity index (χ2n) is 6.57. The van der Waals surface area contributed by atoms with Gasteiger partial charge in [0.15, 0.2) is 11.5 Å². The van der Waals surface area contributed by atoms with Gasteiger partial charge < -0.3 is 14.6 Å². The van der Waals surface area contributed by atoms with Crippen LogP contribution < -0.4 is 9.47 Å². The normalized spacial score (nSPS) is 31.5. The first-order valence-electron chi connectivity index (χ1n) is 7.84. The zero-order valence-corrected chi connectivity index (χ0v) is 14.3. The van der Waals surface area contributed by atoms with Crippen LogP contribution in [0.1, 0.15) is 18.9 Å². The largest absolute Gasteiger partial charge is 0.454 e. The molecule has 3 aliphatic heterocycles. The van der Waals surface area contributed by atoms with E-state index in [0.29, 0.717) is 18.9 Å². The van der Waals surface area contributed by atoms with E-state index in [1.54, 1.807) is 0 Å². The Bertz CT molecular complexity index is 583. The van der Waals surface area contributed by atoms with Gasteiger partial charge in [0.2, 0.25) is 6.79 Å². The summed E-state index contributed by atoms with van der Waals surface area (Å²) >= 11 is 3.65. The van der Waals surface area contributed by atoms with Crippen molar-refractivity contribution < 1.29 is 14.6 Å². The molecule has 2 saturated heterocycles. The third kappa shape index (κ3) is 2.62. The molecule has 0 unspecified atom stereocenters. The Balaban J connectivity index is 1.51. The lowest BCUT2D eigenvalue weighted by Gasteiger charge is -2.42. The molecule has 3 heterocycles. The number of ether oxygens (including phenoxy) is 2. The van der Waals surface area contributed by atoms with Crippen LogP contribution >= 0.6 is 15.9 Å². The molecule has 2 fully saturated rings. The molecule has 3 atom stereocenters. The van der Waals surface area contributed by atoms with Crippen LogP contribution in [0, 0.1) is 0 Å². The molecule has 3 aliphatic rings. The molecule has 0 amide bonds. The molecule has 5 nitrogen and oxygen atoms in total. The van der Waals surface area contributed by atoms with Crippen LogP contribution in [0.2, 0.25) is 0 Å². The van der Waals surface area contributed by atoms with E-state index in [0.717, 1.165) is 48.6 Å². The predicted molar refractivity (Wildman–Crippen MR) is 86.1 cm³/mol. The van der Waals surface area contributed by atoms with E-state index in [1.165, 1.54) is 5.56 Å². The highest BCUT2D eigenvalue weighted by Gasteiger charge is 2.38. The first kappa shape index (κ1) is 14.8. The lowest BCUT2D eigenvalue weighted by Crippen LogP contribution is -2.54. The molecule has 0 aliphatic carbocycles. The van der Waals surface area contributed by atoms with Gasteiger partial charge >= 0.3 is 0 Å². The lowest BCUT2D eigenvalue weighted by molar-refractivity contribution is 0.0527. The van der Waals surface area contributed by atoms with E-state index >= 15 is 0 Å². The van der Waals surface area contributed by atoms with Crippen LogP contribution in [0.4, 0.5) is 0 Å². The minimum atomic E-state index is -0.158. The Morgan fingerprint density at radius 1 is 1.23 bits per heavy atom. The molecule has 1 N–H and O–H groups in total. The van der Waals surface area contributed by atoms with Crippen molar-refractivity contribution in [2.45, 2.75) is 38.1 Å². The molecule has 0 bridgehead atoms. The number of rotatable bonds is 2. The third-order valence-corrected chi connectivity index (χ3v) is 5.73. The van der Waals surface area contributed by atoms with Crippen molar-refractivity contribution in [3.8, 4) is 11.5 Å². The summed E-state index contributed by atoms with van der Waals surface area (Å²) < 4.78 is 12.0. The monoisotopic (exact) mass is 368 g/mol. The second-order valence-corrected chi connectivity index (χ2v) is 7.43. The summed E-state index contributed by atoms with van der Waals surface area (Å²) in [6, 6.07) is 5.05. The Kier molecular flexibility index (Phi) is 3.80. The molecule has 1 aromatic carbocycles. The topological polar surface area (TPSA) is 45.2 Å². The molecule has 0 spiro atoms. The van der Waals surface area contributed by atoms with Crippen molar-refractivity contribution >= 4 is 15.9 Å². The van der Waals surface area contributed by atoms with Gasteiger partial charge in [0.1, 0.15) is 0 Å². The minimum absolute atomic E-state index is 0.158. The SMILES string of the molecule is C[C@@H]1CN2C[C@H](O)C[C@@H]2CN1Cc1cc2c(cc1Br)OCO2. The fraction of sp³-hybridized carbons (Fsp3) is 0.625. The zero-order valence-electron chi connectivity index (χ0n) is 12.7. The molecular formula is C16H21BrN2O3. The Labute approximate surface area is 138 Å². The van der Waals surface area contributed by atoms with Crippen LogP contribution in [0.3, 0.4) is 0 Å². The van der Waals surface area contributed by atoms with Gasteiger partial charge in [0.05, 0.1) is 6.10 Å². The van der Waals surface area contributed by atoms with Gasteiger partial charge in [-0.05, 0) is 31.0 Å². The molecular weight excluding hydrogens is 348 g/mol. The number of hydrogen-bond donors (Lipinski definition) is 1. The van der Waals surface area contributed by atoms with Crippen molar-refractivity contribution in [1.82, 2.24) is 9.80 Å². The average Bonchev–Trinajstić information content (AvgIpc) is 3.04. The smallest absolute Gasteiger partial charge is 0.231 e. The lowest BCUT2D eigenvalue weighted by atomic mass is 10.1. The number of benzene rings is 1. The predicted octanol–water partition coefficient (Wildman–Crippen LogP) is 1.82. The highest BCUT2D eigenvalue weighted by molar-refractivity contribution is 9.10. The van der Waals surface area contributed by atoms with E-state index < -0.39 is 0 Å². The van der Waals surface area contributed by atoms with Crippen LogP contribution in [0.25, 0.3) is 0 Å². The van der Waals surface area contributed by atoms with E-state index in [4.69, 9.17) is 9.47 Å². The van der Waals surface area contributed by atoms with Gasteiger partial charge in [-0.3, -0.25) is 9.80 Å². The summed E-state index contributed by atoms with van der Waals surface area (Å²) in [4.78, 5) is 4.93. The van der Waals surface area contributed by atoms with Gasteiger partial charge in [-0.15, -0.1) is 0 Å². The summed E-state index contributed by atoms with van der Waals surface area (Å²) in [6.45, 7) is 6.33. The third-order valence-electron chi connectivity index (χ3n) is 4.99. The van der Waals surface area contributed by atoms with E-state index in [9.17, 15) is 5.11 Å². The van der Waals surface area contributed by atoms with Crippen LogP contribution in [0.15, 0.2) is 16.6 Å². The Morgan fingerprint density at radius 3 is 2.82 bits per heavy atom. The van der Waals surface area contributed by atoms with Gasteiger partial charge in [-0.1, -0.05) is 15.9 Å². The van der Waals surface area contributed by atoms with Gasteiger partial charge in [0, 0.05) is 42.7 Å². The number of aliphatic hydroxyl groups excluding tert-OH is 1. The minimum Gasteiger partial charge on any atom is -0.454 e. The van der Waals surface area contributed by atoms with Crippen LogP contribution in [0.5, 0.6) is 11.5 Å². The highest BCUT2D eigenvalue weighted by Crippen LogP contribution is 2.38. The summed E-state index contributed by atoms with van der Waals surface area (Å²) in [5, 5.41) is 9.87. The number of fused-ring (bicyclic) bond motifs is 2. The number of hydrogen-bond acceptors (Lipinski definition) is 5. The Morgan fingerprint density at radius 2 is 2.00 bits per heavy atom. The van der Waals surface area contributed by atoms with Gasteiger partial charge in [0.25, 0.3) is 0 Å². The summed E-state index contributed by atoms with van der Waals surface area (Å²) in [7, 11) is 0. The number of nitrogens with zero attached hydrogens (tertiary/aromatic N) is 2. The fourth-order valence-electron chi connectivity index (χ4n) is 3.80.